The summed E-state index contributed by atoms with van der Waals surface area (Å²) in [6.45, 7) is -2.37. The van der Waals surface area contributed by atoms with E-state index in [1.54, 1.807) is 35.8 Å². The van der Waals surface area contributed by atoms with E-state index in [0.717, 1.165) is 39.9 Å². The fourth-order valence-corrected chi connectivity index (χ4v) is 5.33. The maximum Gasteiger partial charge on any atom is 0.407 e. The van der Waals surface area contributed by atoms with E-state index in [-0.39, 0.29) is 16.3 Å². The molecule has 6 rings (SSSR count). The number of hydrogen-bond donors (Lipinski definition) is 3. The molecule has 2 fully saturated rings. The van der Waals surface area contributed by atoms with Gasteiger partial charge < -0.3 is 15.4 Å². The third-order valence-corrected chi connectivity index (χ3v) is 7.90. The fourth-order valence-electron chi connectivity index (χ4n) is 5.13. The summed E-state index contributed by atoms with van der Waals surface area (Å²) in [7, 11) is 0. The van der Waals surface area contributed by atoms with Gasteiger partial charge in [-0.3, -0.25) is 19.8 Å². The fraction of sp³-hybridized carbons (Fsp3) is 0.310. The molecule has 1 saturated carbocycles. The first-order valence-corrected chi connectivity index (χ1v) is 14.6. The quantitative estimate of drug-likeness (QED) is 0.188. The van der Waals surface area contributed by atoms with Crippen molar-refractivity contribution < 1.29 is 36.3 Å². The number of alkyl halides is 5. The molecule has 3 heterocycles. The number of rotatable bonds is 10. The van der Waals surface area contributed by atoms with E-state index < -0.39 is 61.6 Å². The summed E-state index contributed by atoms with van der Waals surface area (Å²) in [6.07, 6.45) is -2.40. The zero-order valence-electron chi connectivity index (χ0n) is 24.1. The number of carbonyl (C=O) groups excluding carboxylic acids is 2. The second-order valence-electron chi connectivity index (χ2n) is 10.8. The molecule has 2 atom stereocenters. The van der Waals surface area contributed by atoms with Gasteiger partial charge in [-0.15, -0.1) is 0 Å². The highest BCUT2D eigenvalue weighted by Crippen LogP contribution is 2.36. The first kappa shape index (κ1) is 31.9. The average Bonchev–Trinajstić information content (AvgIpc) is 3.41. The molecule has 246 valence electrons. The molecular weight excluding hydrogens is 653 g/mol. The number of carbonyl (C=O) groups is 2. The number of alkyl carbamates (subject to hydrolysis) is 1. The number of hydrogen-bond acceptors (Lipinski definition) is 7. The van der Waals surface area contributed by atoms with Crippen LogP contribution in [0, 0.1) is 5.41 Å². The molecule has 1 aliphatic heterocycles. The van der Waals surface area contributed by atoms with Crippen LogP contribution in [0.15, 0.2) is 61.2 Å². The van der Waals surface area contributed by atoms with Gasteiger partial charge in [-0.2, -0.15) is 23.4 Å². The highest BCUT2D eigenvalue weighted by atomic mass is 35.5. The Balaban J connectivity index is 1.28. The van der Waals surface area contributed by atoms with E-state index in [4.69, 9.17) is 21.7 Å². The predicted molar refractivity (Wildman–Crippen MR) is 156 cm³/mol. The molecule has 0 bridgehead atoms. The summed E-state index contributed by atoms with van der Waals surface area (Å²) in [4.78, 5) is 30.5. The molecule has 2 aliphatic rings. The van der Waals surface area contributed by atoms with E-state index in [2.05, 4.69) is 20.5 Å². The van der Waals surface area contributed by atoms with Crippen molar-refractivity contribution in [2.75, 3.05) is 13.2 Å². The maximum atomic E-state index is 13.8. The van der Waals surface area contributed by atoms with Gasteiger partial charge in [-0.25, -0.2) is 23.2 Å². The SMILES string of the molecule is N=C1N[C@H](c2ccc(-c3cnn(C4CC4)c3)cc2)C(=O)N1[C@H](COC(=O)NCC(F)(F)F)c1ccc(Cl)c(-n2ncnc2C(F)F)c1. The van der Waals surface area contributed by atoms with Crippen molar-refractivity contribution in [3.63, 3.8) is 0 Å². The number of ether oxygens (including phenoxy) is 1. The lowest BCUT2D eigenvalue weighted by atomic mass is 10.0. The second-order valence-corrected chi connectivity index (χ2v) is 11.2. The van der Waals surface area contributed by atoms with Crippen molar-refractivity contribution in [1.82, 2.24) is 40.1 Å². The van der Waals surface area contributed by atoms with Crippen LogP contribution >= 0.6 is 11.6 Å². The van der Waals surface area contributed by atoms with Crippen LogP contribution in [0.3, 0.4) is 0 Å². The lowest BCUT2D eigenvalue weighted by Gasteiger charge is -2.27. The van der Waals surface area contributed by atoms with Crippen molar-refractivity contribution in [2.24, 2.45) is 0 Å². The third kappa shape index (κ3) is 6.89. The molecule has 47 heavy (non-hydrogen) atoms. The van der Waals surface area contributed by atoms with E-state index >= 15 is 0 Å². The zero-order chi connectivity index (χ0) is 33.5. The average molecular weight is 678 g/mol. The Kier molecular flexibility index (Phi) is 8.57. The number of nitrogens with one attached hydrogen (secondary N) is 3. The Bertz CT molecular complexity index is 1810. The van der Waals surface area contributed by atoms with Crippen LogP contribution in [-0.2, 0) is 9.53 Å². The Morgan fingerprint density at radius 1 is 1.13 bits per heavy atom. The molecule has 3 N–H and O–H groups in total. The number of aromatic nitrogens is 5. The molecule has 2 aromatic carbocycles. The summed E-state index contributed by atoms with van der Waals surface area (Å²) < 4.78 is 72.9. The molecule has 0 radical (unpaired) electrons. The highest BCUT2D eigenvalue weighted by molar-refractivity contribution is 6.32. The lowest BCUT2D eigenvalue weighted by Crippen LogP contribution is -2.40. The van der Waals surface area contributed by atoms with Gasteiger partial charge >= 0.3 is 12.3 Å². The van der Waals surface area contributed by atoms with Crippen molar-refractivity contribution in [2.45, 2.75) is 43.6 Å². The minimum absolute atomic E-state index is 0.0228. The molecule has 2 amide bonds. The highest BCUT2D eigenvalue weighted by Gasteiger charge is 2.42. The van der Waals surface area contributed by atoms with Gasteiger partial charge in [0.1, 0.15) is 25.5 Å². The van der Waals surface area contributed by atoms with Crippen molar-refractivity contribution in [1.29, 1.82) is 5.41 Å². The molecule has 2 aromatic heterocycles. The molecule has 1 aliphatic carbocycles. The standard InChI is InChI=1S/C29H25ClF5N9O3/c30-20-8-5-17(9-21(20)44-25(24(31)32)38-14-40-44)22(12-47-28(46)37-13-29(33,34)35)43-26(45)23(41-27(43)36)16-3-1-15(2-4-16)18-10-39-42(11-18)19-6-7-19/h1-5,8-11,14,19,22-24H,6-7,12-13H2,(H2,36,41)(H,37,46)/t22-,23-/m1/s1. The summed E-state index contributed by atoms with van der Waals surface area (Å²) in [5.74, 6) is -1.76. The monoisotopic (exact) mass is 677 g/mol. The second kappa shape index (κ2) is 12.6. The lowest BCUT2D eigenvalue weighted by molar-refractivity contribution is -0.129. The summed E-state index contributed by atoms with van der Waals surface area (Å²) in [6, 6.07) is 9.11. The van der Waals surface area contributed by atoms with Gasteiger partial charge in [0.15, 0.2) is 11.8 Å². The van der Waals surface area contributed by atoms with E-state index in [0.29, 0.717) is 11.6 Å². The Morgan fingerprint density at radius 3 is 2.55 bits per heavy atom. The molecule has 12 nitrogen and oxygen atoms in total. The third-order valence-electron chi connectivity index (χ3n) is 7.58. The minimum atomic E-state index is -4.71. The smallest absolute Gasteiger partial charge is 0.407 e. The normalized spacial score (nSPS) is 17.3. The summed E-state index contributed by atoms with van der Waals surface area (Å²) in [5.41, 5.74) is 2.34. The number of nitrogens with zero attached hydrogens (tertiary/aromatic N) is 6. The van der Waals surface area contributed by atoms with Gasteiger partial charge in [0, 0.05) is 11.8 Å². The van der Waals surface area contributed by atoms with Gasteiger partial charge in [0.25, 0.3) is 12.3 Å². The minimum Gasteiger partial charge on any atom is -0.447 e. The predicted octanol–water partition coefficient (Wildman–Crippen LogP) is 5.49. The van der Waals surface area contributed by atoms with Crippen molar-refractivity contribution in [3.05, 3.63) is 83.2 Å². The van der Waals surface area contributed by atoms with Crippen molar-refractivity contribution in [3.8, 4) is 16.8 Å². The topological polar surface area (TPSA) is 143 Å². The van der Waals surface area contributed by atoms with E-state index in [1.807, 2.05) is 10.9 Å². The summed E-state index contributed by atoms with van der Waals surface area (Å²) >= 11 is 6.30. The molecule has 0 unspecified atom stereocenters. The first-order chi connectivity index (χ1) is 22.4. The first-order valence-electron chi connectivity index (χ1n) is 14.2. The largest absolute Gasteiger partial charge is 0.447 e. The molecule has 18 heteroatoms. The molecule has 1 saturated heterocycles. The summed E-state index contributed by atoms with van der Waals surface area (Å²) in [5, 5.41) is 21.2. The van der Waals surface area contributed by atoms with Gasteiger partial charge in [-0.05, 0) is 41.7 Å². The van der Waals surface area contributed by atoms with Crippen LogP contribution < -0.4 is 10.6 Å². The molecule has 4 aromatic rings. The zero-order valence-corrected chi connectivity index (χ0v) is 24.8. The number of benzene rings is 2. The van der Waals surface area contributed by atoms with E-state index in [1.165, 1.54) is 18.2 Å². The number of amides is 2. The van der Waals surface area contributed by atoms with Gasteiger partial charge in [0.05, 0.1) is 29.0 Å². The van der Waals surface area contributed by atoms with Crippen LogP contribution in [0.1, 0.15) is 54.3 Å². The van der Waals surface area contributed by atoms with Gasteiger partial charge in [-0.1, -0.05) is 41.9 Å². The van der Waals surface area contributed by atoms with Crippen LogP contribution in [0.25, 0.3) is 16.8 Å². The Morgan fingerprint density at radius 2 is 1.87 bits per heavy atom. The van der Waals surface area contributed by atoms with E-state index in [9.17, 15) is 31.5 Å². The van der Waals surface area contributed by atoms with Crippen LogP contribution in [0.4, 0.5) is 26.7 Å². The number of halogens is 6. The van der Waals surface area contributed by atoms with Gasteiger partial charge in [0.2, 0.25) is 0 Å². The molecule has 0 spiro atoms. The maximum absolute atomic E-state index is 13.8. The Labute approximate surface area is 268 Å². The van der Waals surface area contributed by atoms with Crippen LogP contribution in [0.2, 0.25) is 5.02 Å². The Hall–Kier alpha value is -5.06. The van der Waals surface area contributed by atoms with Crippen molar-refractivity contribution >= 4 is 29.6 Å². The van der Waals surface area contributed by atoms with Crippen LogP contribution in [-0.4, -0.2) is 66.7 Å². The molecular formula is C29H25ClF5N9O3. The van der Waals surface area contributed by atoms with Crippen LogP contribution in [0.5, 0.6) is 0 Å². The number of guanidine groups is 1.